The van der Waals surface area contributed by atoms with Gasteiger partial charge in [0.05, 0.1) is 5.56 Å². The second-order valence-corrected chi connectivity index (χ2v) is 6.91. The molecular formula is C19H27N3O4. The van der Waals surface area contributed by atoms with Crippen molar-refractivity contribution in [2.45, 2.75) is 38.6 Å². The number of carbonyl (C=O) groups is 3. The summed E-state index contributed by atoms with van der Waals surface area (Å²) in [5, 5.41) is 5.03. The van der Waals surface area contributed by atoms with E-state index < -0.39 is 24.5 Å². The molecule has 7 nitrogen and oxygen atoms in total. The fourth-order valence-electron chi connectivity index (χ4n) is 3.02. The Bertz CT molecular complexity index is 660. The monoisotopic (exact) mass is 361 g/mol. The molecule has 1 aliphatic rings. The van der Waals surface area contributed by atoms with Crippen LogP contribution in [-0.4, -0.2) is 44.7 Å². The van der Waals surface area contributed by atoms with E-state index in [9.17, 15) is 14.4 Å². The zero-order valence-corrected chi connectivity index (χ0v) is 15.6. The summed E-state index contributed by atoms with van der Waals surface area (Å²) in [6.45, 7) is 1.59. The molecule has 0 aromatic heterocycles. The maximum Gasteiger partial charge on any atom is 0.338 e. The second-order valence-electron chi connectivity index (χ2n) is 6.91. The van der Waals surface area contributed by atoms with Gasteiger partial charge >= 0.3 is 12.0 Å². The molecule has 0 spiro atoms. The lowest BCUT2D eigenvalue weighted by atomic mass is 9.86. The number of urea groups is 1. The minimum Gasteiger partial charge on any atom is -0.452 e. The Balaban J connectivity index is 1.78. The van der Waals surface area contributed by atoms with E-state index in [1.165, 1.54) is 6.42 Å². The van der Waals surface area contributed by atoms with Crippen molar-refractivity contribution in [3.8, 4) is 0 Å². The van der Waals surface area contributed by atoms with Crippen molar-refractivity contribution in [1.82, 2.24) is 10.6 Å². The molecule has 1 fully saturated rings. The Morgan fingerprint density at radius 1 is 1.19 bits per heavy atom. The van der Waals surface area contributed by atoms with Crippen molar-refractivity contribution in [2.24, 2.45) is 5.92 Å². The number of amides is 3. The number of hydrogen-bond donors (Lipinski definition) is 2. The summed E-state index contributed by atoms with van der Waals surface area (Å²) < 4.78 is 4.99. The maximum atomic E-state index is 12.0. The molecule has 1 aromatic carbocycles. The van der Waals surface area contributed by atoms with Gasteiger partial charge in [-0.25, -0.2) is 9.59 Å². The molecule has 142 valence electrons. The molecule has 0 heterocycles. The van der Waals surface area contributed by atoms with Crippen LogP contribution >= 0.6 is 0 Å². The largest absolute Gasteiger partial charge is 0.452 e. The zero-order chi connectivity index (χ0) is 19.1. The molecule has 2 atom stereocenters. The van der Waals surface area contributed by atoms with Crippen LogP contribution < -0.4 is 15.5 Å². The van der Waals surface area contributed by atoms with E-state index in [1.807, 2.05) is 25.1 Å². The van der Waals surface area contributed by atoms with Crippen molar-refractivity contribution in [3.05, 3.63) is 29.8 Å². The number of anilines is 1. The predicted molar refractivity (Wildman–Crippen MR) is 99.1 cm³/mol. The van der Waals surface area contributed by atoms with Gasteiger partial charge in [-0.15, -0.1) is 0 Å². The average Bonchev–Trinajstić information content (AvgIpc) is 2.61. The molecular weight excluding hydrogens is 334 g/mol. The number of nitrogens with one attached hydrogen (secondary N) is 2. The van der Waals surface area contributed by atoms with Crippen molar-refractivity contribution in [2.75, 3.05) is 25.6 Å². The second kappa shape index (κ2) is 9.22. The number of hydrogen-bond acceptors (Lipinski definition) is 5. The number of benzene rings is 1. The number of esters is 1. The lowest BCUT2D eigenvalue weighted by Crippen LogP contribution is -2.48. The molecule has 1 aliphatic carbocycles. The SMILES string of the molecule is C[C@H]1CCCC[C@@H]1NC(=O)NC(=O)COC(=O)c1cccc(N(C)C)c1. The fourth-order valence-corrected chi connectivity index (χ4v) is 3.02. The Hall–Kier alpha value is -2.57. The first-order chi connectivity index (χ1) is 12.4. The number of nitrogens with zero attached hydrogens (tertiary/aromatic N) is 1. The van der Waals surface area contributed by atoms with E-state index in [1.54, 1.807) is 18.2 Å². The maximum absolute atomic E-state index is 12.0. The highest BCUT2D eigenvalue weighted by Crippen LogP contribution is 2.23. The molecule has 7 heteroatoms. The Labute approximate surface area is 154 Å². The molecule has 26 heavy (non-hydrogen) atoms. The fraction of sp³-hybridized carbons (Fsp3) is 0.526. The molecule has 0 bridgehead atoms. The van der Waals surface area contributed by atoms with Crippen LogP contribution in [0.2, 0.25) is 0 Å². The van der Waals surface area contributed by atoms with Gasteiger partial charge in [0.25, 0.3) is 5.91 Å². The van der Waals surface area contributed by atoms with Crippen molar-refractivity contribution >= 4 is 23.6 Å². The van der Waals surface area contributed by atoms with Gasteiger partial charge in [0, 0.05) is 25.8 Å². The van der Waals surface area contributed by atoms with Crippen LogP contribution in [0.15, 0.2) is 24.3 Å². The summed E-state index contributed by atoms with van der Waals surface area (Å²) >= 11 is 0. The summed E-state index contributed by atoms with van der Waals surface area (Å²) in [5.41, 5.74) is 1.20. The molecule has 0 unspecified atom stereocenters. The summed E-state index contributed by atoms with van der Waals surface area (Å²) in [5.74, 6) is -0.861. The zero-order valence-electron chi connectivity index (χ0n) is 15.6. The van der Waals surface area contributed by atoms with Gasteiger partial charge in [0.15, 0.2) is 6.61 Å². The van der Waals surface area contributed by atoms with E-state index in [2.05, 4.69) is 17.6 Å². The van der Waals surface area contributed by atoms with Crippen LogP contribution in [0.4, 0.5) is 10.5 Å². The van der Waals surface area contributed by atoms with E-state index in [4.69, 9.17) is 4.74 Å². The summed E-state index contributed by atoms with van der Waals surface area (Å²) in [6, 6.07) is 6.43. The molecule has 0 radical (unpaired) electrons. The van der Waals surface area contributed by atoms with Crippen LogP contribution in [0, 0.1) is 5.92 Å². The third-order valence-corrected chi connectivity index (χ3v) is 4.61. The number of imide groups is 1. The standard InChI is InChI=1S/C19H27N3O4/c1-13-7-4-5-10-16(13)20-19(25)21-17(23)12-26-18(24)14-8-6-9-15(11-14)22(2)3/h6,8-9,11,13,16H,4-5,7,10,12H2,1-3H3,(H2,20,21,23,25)/t13-,16-/m0/s1. The quantitative estimate of drug-likeness (QED) is 0.786. The molecule has 1 aromatic rings. The van der Waals surface area contributed by atoms with Crippen molar-refractivity contribution in [3.63, 3.8) is 0 Å². The molecule has 2 N–H and O–H groups in total. The molecule has 2 rings (SSSR count). The number of ether oxygens (including phenoxy) is 1. The highest BCUT2D eigenvalue weighted by atomic mass is 16.5. The molecule has 0 saturated heterocycles. The van der Waals surface area contributed by atoms with Crippen molar-refractivity contribution < 1.29 is 19.1 Å². The average molecular weight is 361 g/mol. The number of carbonyl (C=O) groups excluding carboxylic acids is 3. The smallest absolute Gasteiger partial charge is 0.338 e. The highest BCUT2D eigenvalue weighted by molar-refractivity contribution is 5.97. The Morgan fingerprint density at radius 3 is 2.62 bits per heavy atom. The van der Waals surface area contributed by atoms with E-state index in [0.717, 1.165) is 24.9 Å². The van der Waals surface area contributed by atoms with Gasteiger partial charge in [0.2, 0.25) is 0 Å². The third kappa shape index (κ3) is 5.75. The topological polar surface area (TPSA) is 87.7 Å². The van der Waals surface area contributed by atoms with Gasteiger partial charge in [-0.2, -0.15) is 0 Å². The van der Waals surface area contributed by atoms with E-state index >= 15 is 0 Å². The van der Waals surface area contributed by atoms with Gasteiger partial charge < -0.3 is 15.0 Å². The first-order valence-corrected chi connectivity index (χ1v) is 8.91. The Morgan fingerprint density at radius 2 is 1.92 bits per heavy atom. The summed E-state index contributed by atoms with van der Waals surface area (Å²) in [4.78, 5) is 37.7. The van der Waals surface area contributed by atoms with Gasteiger partial charge in [0.1, 0.15) is 0 Å². The first-order valence-electron chi connectivity index (χ1n) is 8.91. The molecule has 1 saturated carbocycles. The predicted octanol–water partition coefficient (Wildman–Crippen LogP) is 2.31. The minimum atomic E-state index is -0.650. The molecule has 0 aliphatic heterocycles. The minimum absolute atomic E-state index is 0.0767. The van der Waals surface area contributed by atoms with Gasteiger partial charge in [-0.1, -0.05) is 25.8 Å². The van der Waals surface area contributed by atoms with Crippen LogP contribution in [0.5, 0.6) is 0 Å². The van der Waals surface area contributed by atoms with Gasteiger partial charge in [-0.3, -0.25) is 10.1 Å². The normalized spacial score (nSPS) is 19.3. The summed E-state index contributed by atoms with van der Waals surface area (Å²) in [6.07, 6.45) is 4.24. The Kier molecular flexibility index (Phi) is 7.00. The van der Waals surface area contributed by atoms with E-state index in [-0.39, 0.29) is 6.04 Å². The highest BCUT2D eigenvalue weighted by Gasteiger charge is 2.23. The van der Waals surface area contributed by atoms with Crippen LogP contribution in [0.3, 0.4) is 0 Å². The summed E-state index contributed by atoms with van der Waals surface area (Å²) in [7, 11) is 3.73. The van der Waals surface area contributed by atoms with Crippen LogP contribution in [0.25, 0.3) is 0 Å². The number of rotatable bonds is 5. The van der Waals surface area contributed by atoms with Crippen LogP contribution in [0.1, 0.15) is 43.0 Å². The first kappa shape index (κ1) is 19.8. The molecule has 3 amide bonds. The third-order valence-electron chi connectivity index (χ3n) is 4.61. The lowest BCUT2D eigenvalue weighted by Gasteiger charge is -2.29. The lowest BCUT2D eigenvalue weighted by molar-refractivity contribution is -0.123. The van der Waals surface area contributed by atoms with Crippen LogP contribution in [-0.2, 0) is 9.53 Å². The van der Waals surface area contributed by atoms with E-state index in [0.29, 0.717) is 11.5 Å². The van der Waals surface area contributed by atoms with Gasteiger partial charge in [-0.05, 0) is 37.0 Å². The van der Waals surface area contributed by atoms with Crippen molar-refractivity contribution in [1.29, 1.82) is 0 Å².